The summed E-state index contributed by atoms with van der Waals surface area (Å²) >= 11 is 0. The van der Waals surface area contributed by atoms with Crippen molar-refractivity contribution >= 4 is 0 Å². The van der Waals surface area contributed by atoms with Crippen molar-refractivity contribution in [2.45, 2.75) is 45.1 Å². The summed E-state index contributed by atoms with van der Waals surface area (Å²) in [5.41, 5.74) is 6.95. The Morgan fingerprint density at radius 3 is 2.71 bits per heavy atom. The van der Waals surface area contributed by atoms with E-state index in [2.05, 4.69) is 6.92 Å². The molecule has 0 saturated heterocycles. The topological polar surface area (TPSA) is 35.2 Å². The lowest BCUT2D eigenvalue weighted by Crippen LogP contribution is -2.22. The Morgan fingerprint density at radius 2 is 2.12 bits per heavy atom. The van der Waals surface area contributed by atoms with Gasteiger partial charge in [0.1, 0.15) is 0 Å². The first-order valence-corrected chi connectivity index (χ1v) is 6.25. The summed E-state index contributed by atoms with van der Waals surface area (Å²) in [6, 6.07) is 5.16. The molecule has 0 aliphatic heterocycles. The van der Waals surface area contributed by atoms with Gasteiger partial charge in [-0.05, 0) is 30.5 Å². The summed E-state index contributed by atoms with van der Waals surface area (Å²) in [4.78, 5) is 0. The minimum atomic E-state index is -0.314. The lowest BCUT2D eigenvalue weighted by atomic mass is 10.0. The highest BCUT2D eigenvalue weighted by molar-refractivity contribution is 5.29. The molecule has 2 nitrogen and oxygen atoms in total. The van der Waals surface area contributed by atoms with Gasteiger partial charge >= 0.3 is 0 Å². The molecule has 0 spiro atoms. The van der Waals surface area contributed by atoms with Gasteiger partial charge in [-0.25, -0.2) is 4.39 Å². The van der Waals surface area contributed by atoms with E-state index in [0.29, 0.717) is 0 Å². The fourth-order valence-corrected chi connectivity index (χ4v) is 1.90. The van der Waals surface area contributed by atoms with Crippen LogP contribution in [0.4, 0.5) is 4.39 Å². The predicted molar refractivity (Wildman–Crippen MR) is 68.8 cm³/mol. The maximum atomic E-state index is 13.4. The second-order valence-electron chi connectivity index (χ2n) is 4.43. The fraction of sp³-hybridized carbons (Fsp3) is 0.571. The number of nitrogens with two attached hydrogens (primary N) is 1. The van der Waals surface area contributed by atoms with E-state index in [9.17, 15) is 4.39 Å². The summed E-state index contributed by atoms with van der Waals surface area (Å²) in [6.07, 6.45) is 5.29. The van der Waals surface area contributed by atoms with E-state index in [0.717, 1.165) is 24.8 Å². The third-order valence-electron chi connectivity index (χ3n) is 2.89. The smallest absolute Gasteiger partial charge is 0.165 e. The normalized spacial score (nSPS) is 12.5. The Labute approximate surface area is 103 Å². The molecule has 0 bridgehead atoms. The van der Waals surface area contributed by atoms with E-state index in [4.69, 9.17) is 10.5 Å². The summed E-state index contributed by atoms with van der Waals surface area (Å²) in [5.74, 6) is -0.0286. The van der Waals surface area contributed by atoms with Crippen LogP contribution in [0.25, 0.3) is 0 Å². The number of benzene rings is 1. The summed E-state index contributed by atoms with van der Waals surface area (Å²) in [5, 5.41) is 0. The molecule has 0 amide bonds. The van der Waals surface area contributed by atoms with E-state index in [1.165, 1.54) is 26.0 Å². The molecule has 3 heteroatoms. The van der Waals surface area contributed by atoms with E-state index >= 15 is 0 Å². The lowest BCUT2D eigenvalue weighted by Gasteiger charge is -2.12. The minimum Gasteiger partial charge on any atom is -0.494 e. The first-order valence-electron chi connectivity index (χ1n) is 6.25. The molecule has 0 heterocycles. The van der Waals surface area contributed by atoms with Crippen molar-refractivity contribution < 1.29 is 9.13 Å². The molecular formula is C14H22FNO. The average molecular weight is 239 g/mol. The molecule has 1 rings (SSSR count). The standard InChI is InChI=1S/C14H22FNO/c1-3-4-5-6-12(16)9-11-7-8-14(17-2)13(15)10-11/h7-8,10,12H,3-6,9,16H2,1-2H3. The average Bonchev–Trinajstić information content (AvgIpc) is 2.29. The minimum absolute atomic E-state index is 0.120. The van der Waals surface area contributed by atoms with Crippen LogP contribution in [0.15, 0.2) is 18.2 Å². The molecular weight excluding hydrogens is 217 g/mol. The highest BCUT2D eigenvalue weighted by Crippen LogP contribution is 2.19. The molecule has 1 atom stereocenters. The Morgan fingerprint density at radius 1 is 1.35 bits per heavy atom. The van der Waals surface area contributed by atoms with Crippen molar-refractivity contribution in [1.82, 2.24) is 0 Å². The van der Waals surface area contributed by atoms with Crippen molar-refractivity contribution in [1.29, 1.82) is 0 Å². The van der Waals surface area contributed by atoms with Crippen molar-refractivity contribution in [3.05, 3.63) is 29.6 Å². The summed E-state index contributed by atoms with van der Waals surface area (Å²) in [7, 11) is 1.47. The van der Waals surface area contributed by atoms with Gasteiger partial charge < -0.3 is 10.5 Å². The van der Waals surface area contributed by atoms with Gasteiger partial charge in [-0.1, -0.05) is 32.3 Å². The maximum Gasteiger partial charge on any atom is 0.165 e. The van der Waals surface area contributed by atoms with Gasteiger partial charge in [0, 0.05) is 6.04 Å². The van der Waals surface area contributed by atoms with Crippen LogP contribution in [0.2, 0.25) is 0 Å². The number of unbranched alkanes of at least 4 members (excludes halogenated alkanes) is 2. The molecule has 1 aromatic rings. The van der Waals surface area contributed by atoms with Gasteiger partial charge in [0.15, 0.2) is 11.6 Å². The zero-order valence-corrected chi connectivity index (χ0v) is 10.7. The molecule has 0 aliphatic carbocycles. The van der Waals surface area contributed by atoms with Crippen LogP contribution in [0.3, 0.4) is 0 Å². The first-order chi connectivity index (χ1) is 8.17. The van der Waals surface area contributed by atoms with Gasteiger partial charge in [-0.15, -0.1) is 0 Å². The Balaban J connectivity index is 2.48. The molecule has 0 fully saturated rings. The van der Waals surface area contributed by atoms with E-state index in [1.807, 2.05) is 6.07 Å². The highest BCUT2D eigenvalue weighted by atomic mass is 19.1. The Kier molecular flexibility index (Phi) is 5.98. The zero-order valence-electron chi connectivity index (χ0n) is 10.7. The second-order valence-corrected chi connectivity index (χ2v) is 4.43. The maximum absolute atomic E-state index is 13.4. The number of methoxy groups -OCH3 is 1. The third kappa shape index (κ3) is 4.73. The van der Waals surface area contributed by atoms with Gasteiger partial charge in [-0.2, -0.15) is 0 Å². The van der Waals surface area contributed by atoms with Crippen LogP contribution in [-0.4, -0.2) is 13.2 Å². The monoisotopic (exact) mass is 239 g/mol. The van der Waals surface area contributed by atoms with Crippen molar-refractivity contribution in [2.24, 2.45) is 5.73 Å². The quantitative estimate of drug-likeness (QED) is 0.741. The van der Waals surface area contributed by atoms with E-state index in [-0.39, 0.29) is 17.6 Å². The van der Waals surface area contributed by atoms with Crippen LogP contribution in [0, 0.1) is 5.82 Å². The largest absolute Gasteiger partial charge is 0.494 e. The van der Waals surface area contributed by atoms with Crippen LogP contribution in [0.1, 0.15) is 38.2 Å². The van der Waals surface area contributed by atoms with Gasteiger partial charge in [0.05, 0.1) is 7.11 Å². The lowest BCUT2D eigenvalue weighted by molar-refractivity contribution is 0.386. The molecule has 0 aromatic heterocycles. The predicted octanol–water partition coefficient (Wildman–Crippen LogP) is 3.28. The van der Waals surface area contributed by atoms with Gasteiger partial charge in [0.25, 0.3) is 0 Å². The number of ether oxygens (including phenoxy) is 1. The molecule has 0 radical (unpaired) electrons. The third-order valence-corrected chi connectivity index (χ3v) is 2.89. The van der Waals surface area contributed by atoms with Crippen LogP contribution in [-0.2, 0) is 6.42 Å². The molecule has 1 aromatic carbocycles. The molecule has 17 heavy (non-hydrogen) atoms. The highest BCUT2D eigenvalue weighted by Gasteiger charge is 2.07. The fourth-order valence-electron chi connectivity index (χ4n) is 1.90. The molecule has 2 N–H and O–H groups in total. The summed E-state index contributed by atoms with van der Waals surface area (Å²) in [6.45, 7) is 2.17. The molecule has 0 saturated carbocycles. The number of halogens is 1. The van der Waals surface area contributed by atoms with Crippen LogP contribution >= 0.6 is 0 Å². The number of hydrogen-bond acceptors (Lipinski definition) is 2. The SMILES string of the molecule is CCCCCC(N)Cc1ccc(OC)c(F)c1. The van der Waals surface area contributed by atoms with Crippen molar-refractivity contribution in [2.75, 3.05) is 7.11 Å². The van der Waals surface area contributed by atoms with E-state index < -0.39 is 0 Å². The van der Waals surface area contributed by atoms with Crippen molar-refractivity contribution in [3.63, 3.8) is 0 Å². The molecule has 96 valence electrons. The first kappa shape index (κ1) is 14.0. The zero-order chi connectivity index (χ0) is 12.7. The van der Waals surface area contributed by atoms with E-state index in [1.54, 1.807) is 6.07 Å². The molecule has 1 unspecified atom stereocenters. The van der Waals surface area contributed by atoms with Gasteiger partial charge in [-0.3, -0.25) is 0 Å². The second kappa shape index (κ2) is 7.28. The summed E-state index contributed by atoms with van der Waals surface area (Å²) < 4.78 is 18.3. The molecule has 0 aliphatic rings. The van der Waals surface area contributed by atoms with Crippen LogP contribution in [0.5, 0.6) is 5.75 Å². The Hall–Kier alpha value is -1.09. The Bertz CT molecular complexity index is 341. The van der Waals surface area contributed by atoms with Gasteiger partial charge in [0.2, 0.25) is 0 Å². The van der Waals surface area contributed by atoms with Crippen LogP contribution < -0.4 is 10.5 Å². The number of hydrogen-bond donors (Lipinski definition) is 1. The number of rotatable bonds is 7. The van der Waals surface area contributed by atoms with Crippen molar-refractivity contribution in [3.8, 4) is 5.75 Å².